The van der Waals surface area contributed by atoms with Crippen molar-refractivity contribution in [2.24, 2.45) is 0 Å². The van der Waals surface area contributed by atoms with E-state index < -0.39 is 35.6 Å². The average molecular weight is 403 g/mol. The van der Waals surface area contributed by atoms with Crippen molar-refractivity contribution >= 4 is 23.5 Å². The van der Waals surface area contributed by atoms with Crippen molar-refractivity contribution < 1.29 is 29.3 Å². The zero-order chi connectivity index (χ0) is 20.1. The number of carbonyl (C=O) groups excluding carboxylic acids is 2. The molecule has 146 valence electrons. The molecule has 1 aliphatic carbocycles. The zero-order valence-corrected chi connectivity index (χ0v) is 15.5. The Labute approximate surface area is 167 Å². The van der Waals surface area contributed by atoms with E-state index in [-0.39, 0.29) is 17.7 Å². The summed E-state index contributed by atoms with van der Waals surface area (Å²) in [5.74, 6) is -1.26. The maximum atomic E-state index is 12.3. The Balaban J connectivity index is 1.68. The molecule has 3 rings (SSSR count). The van der Waals surface area contributed by atoms with Crippen LogP contribution in [0.25, 0.3) is 0 Å². The van der Waals surface area contributed by atoms with Crippen LogP contribution in [0.1, 0.15) is 20.7 Å². The van der Waals surface area contributed by atoms with E-state index in [0.717, 1.165) is 0 Å². The molecule has 0 spiro atoms. The summed E-state index contributed by atoms with van der Waals surface area (Å²) in [4.78, 5) is 24.4. The molecule has 0 radical (unpaired) electrons. The van der Waals surface area contributed by atoms with Crippen LogP contribution in [0.5, 0.6) is 0 Å². The van der Waals surface area contributed by atoms with E-state index in [2.05, 4.69) is 0 Å². The standard InChI is InChI=1S/C21H19ClO6/c22-16-11-15(12-27-20(25)13-7-3-1-4-8-13)17(23)19(18(16)24)28-21(26)14-9-5-2-6-10-14/h1-11,16-19,23-24H,12H2/t16-,17+,18+,19+/m0/s1. The SMILES string of the molecule is O=C(OCC1=C[C@H](Cl)[C@@H](O)[C@H](OC(=O)c2ccccc2)[C@@H]1O)c1ccccc1. The Morgan fingerprint density at radius 2 is 1.43 bits per heavy atom. The van der Waals surface area contributed by atoms with Gasteiger partial charge in [0.05, 0.1) is 16.5 Å². The van der Waals surface area contributed by atoms with Crippen LogP contribution in [0.15, 0.2) is 72.3 Å². The molecular formula is C21H19ClO6. The van der Waals surface area contributed by atoms with Crippen molar-refractivity contribution in [2.75, 3.05) is 6.61 Å². The number of hydrogen-bond donors (Lipinski definition) is 2. The molecule has 1 aliphatic rings. The van der Waals surface area contributed by atoms with Crippen LogP contribution < -0.4 is 0 Å². The van der Waals surface area contributed by atoms with Gasteiger partial charge in [0.25, 0.3) is 0 Å². The van der Waals surface area contributed by atoms with Crippen LogP contribution in [0, 0.1) is 0 Å². The quantitative estimate of drug-likeness (QED) is 0.453. The fraction of sp³-hybridized carbons (Fsp3) is 0.238. The van der Waals surface area contributed by atoms with Crippen LogP contribution in [-0.4, -0.2) is 52.4 Å². The van der Waals surface area contributed by atoms with E-state index in [4.69, 9.17) is 21.1 Å². The lowest BCUT2D eigenvalue weighted by molar-refractivity contribution is -0.0688. The van der Waals surface area contributed by atoms with Gasteiger partial charge in [0.2, 0.25) is 0 Å². The smallest absolute Gasteiger partial charge is 0.338 e. The second kappa shape index (κ2) is 9.01. The minimum Gasteiger partial charge on any atom is -0.457 e. The van der Waals surface area contributed by atoms with Crippen molar-refractivity contribution in [3.8, 4) is 0 Å². The van der Waals surface area contributed by atoms with Gasteiger partial charge in [0.15, 0.2) is 6.10 Å². The van der Waals surface area contributed by atoms with E-state index in [9.17, 15) is 19.8 Å². The summed E-state index contributed by atoms with van der Waals surface area (Å²) in [5, 5.41) is 19.9. The predicted molar refractivity (Wildman–Crippen MR) is 102 cm³/mol. The van der Waals surface area contributed by atoms with E-state index in [1.807, 2.05) is 0 Å². The third-order valence-electron chi connectivity index (χ3n) is 4.36. The molecule has 6 nitrogen and oxygen atoms in total. The van der Waals surface area contributed by atoms with E-state index in [0.29, 0.717) is 5.56 Å². The van der Waals surface area contributed by atoms with Crippen molar-refractivity contribution in [3.63, 3.8) is 0 Å². The first-order valence-corrected chi connectivity index (χ1v) is 9.10. The van der Waals surface area contributed by atoms with Crippen molar-refractivity contribution in [1.82, 2.24) is 0 Å². The molecule has 2 N–H and O–H groups in total. The zero-order valence-electron chi connectivity index (χ0n) is 14.8. The molecule has 7 heteroatoms. The van der Waals surface area contributed by atoms with E-state index >= 15 is 0 Å². The molecule has 0 fully saturated rings. The number of aliphatic hydroxyl groups is 2. The Bertz CT molecular complexity index is 852. The maximum Gasteiger partial charge on any atom is 0.338 e. The highest BCUT2D eigenvalue weighted by Crippen LogP contribution is 2.27. The van der Waals surface area contributed by atoms with Gasteiger partial charge in [-0.3, -0.25) is 0 Å². The second-order valence-corrected chi connectivity index (χ2v) is 6.80. The number of rotatable bonds is 5. The van der Waals surface area contributed by atoms with Gasteiger partial charge in [-0.25, -0.2) is 9.59 Å². The minimum absolute atomic E-state index is 0.246. The molecule has 0 saturated carbocycles. The largest absolute Gasteiger partial charge is 0.457 e. The summed E-state index contributed by atoms with van der Waals surface area (Å²) >= 11 is 6.11. The molecule has 0 bridgehead atoms. The molecule has 4 atom stereocenters. The molecule has 0 aliphatic heterocycles. The van der Waals surface area contributed by atoms with Crippen molar-refractivity contribution in [3.05, 3.63) is 83.4 Å². The summed E-state index contributed by atoms with van der Waals surface area (Å²) in [6.45, 7) is -0.246. The van der Waals surface area contributed by atoms with Crippen LogP contribution >= 0.6 is 11.6 Å². The third-order valence-corrected chi connectivity index (χ3v) is 4.74. The van der Waals surface area contributed by atoms with Gasteiger partial charge in [-0.15, -0.1) is 11.6 Å². The first-order chi connectivity index (χ1) is 13.5. The number of carbonyl (C=O) groups is 2. The highest BCUT2D eigenvalue weighted by molar-refractivity contribution is 6.22. The Kier molecular flexibility index (Phi) is 6.46. The van der Waals surface area contributed by atoms with Gasteiger partial charge in [-0.2, -0.15) is 0 Å². The fourth-order valence-electron chi connectivity index (χ4n) is 2.82. The minimum atomic E-state index is -1.36. The summed E-state index contributed by atoms with van der Waals surface area (Å²) in [6.07, 6.45) is -2.55. The van der Waals surface area contributed by atoms with E-state index in [1.54, 1.807) is 60.7 Å². The molecule has 28 heavy (non-hydrogen) atoms. The summed E-state index contributed by atoms with van der Waals surface area (Å²) in [6, 6.07) is 16.6. The Morgan fingerprint density at radius 3 is 2.00 bits per heavy atom. The molecular weight excluding hydrogens is 384 g/mol. The summed E-state index contributed by atoms with van der Waals surface area (Å²) in [5.41, 5.74) is 0.892. The highest BCUT2D eigenvalue weighted by Gasteiger charge is 2.41. The lowest BCUT2D eigenvalue weighted by atomic mass is 9.91. The number of alkyl halides is 1. The number of aliphatic hydroxyl groups excluding tert-OH is 2. The lowest BCUT2D eigenvalue weighted by Crippen LogP contribution is -2.50. The molecule has 0 amide bonds. The van der Waals surface area contributed by atoms with E-state index in [1.165, 1.54) is 6.08 Å². The monoisotopic (exact) mass is 402 g/mol. The van der Waals surface area contributed by atoms with Gasteiger partial charge < -0.3 is 19.7 Å². The second-order valence-electron chi connectivity index (χ2n) is 6.30. The molecule has 2 aromatic carbocycles. The Hall–Kier alpha value is -2.67. The van der Waals surface area contributed by atoms with Crippen molar-refractivity contribution in [1.29, 1.82) is 0 Å². The first kappa shape index (κ1) is 20.1. The van der Waals surface area contributed by atoms with Crippen LogP contribution in [0.3, 0.4) is 0 Å². The number of esters is 2. The average Bonchev–Trinajstić information content (AvgIpc) is 2.73. The third kappa shape index (κ3) is 4.59. The fourth-order valence-corrected chi connectivity index (χ4v) is 3.13. The maximum absolute atomic E-state index is 12.3. The van der Waals surface area contributed by atoms with Gasteiger partial charge in [0.1, 0.15) is 18.8 Å². The molecule has 0 heterocycles. The van der Waals surface area contributed by atoms with Crippen molar-refractivity contribution in [2.45, 2.75) is 23.7 Å². The van der Waals surface area contributed by atoms with Crippen LogP contribution in [-0.2, 0) is 9.47 Å². The number of benzene rings is 2. The Morgan fingerprint density at radius 1 is 0.893 bits per heavy atom. The summed E-state index contributed by atoms with van der Waals surface area (Å²) in [7, 11) is 0. The van der Waals surface area contributed by atoms with Gasteiger partial charge in [0, 0.05) is 0 Å². The number of halogens is 1. The lowest BCUT2D eigenvalue weighted by Gasteiger charge is -2.34. The molecule has 0 aromatic heterocycles. The summed E-state index contributed by atoms with van der Waals surface area (Å²) < 4.78 is 10.5. The topological polar surface area (TPSA) is 93.1 Å². The van der Waals surface area contributed by atoms with Gasteiger partial charge in [-0.05, 0) is 29.8 Å². The normalized spacial score (nSPS) is 24.2. The highest BCUT2D eigenvalue weighted by atomic mass is 35.5. The first-order valence-electron chi connectivity index (χ1n) is 8.66. The van der Waals surface area contributed by atoms with Crippen LogP contribution in [0.4, 0.5) is 0 Å². The number of ether oxygens (including phenoxy) is 2. The molecule has 2 aromatic rings. The molecule has 0 unspecified atom stereocenters. The van der Waals surface area contributed by atoms with Crippen LogP contribution in [0.2, 0.25) is 0 Å². The molecule has 0 saturated heterocycles. The number of hydrogen-bond acceptors (Lipinski definition) is 6. The van der Waals surface area contributed by atoms with Gasteiger partial charge in [-0.1, -0.05) is 42.5 Å². The van der Waals surface area contributed by atoms with Gasteiger partial charge >= 0.3 is 11.9 Å². The predicted octanol–water partition coefficient (Wildman–Crippen LogP) is 2.34.